The first kappa shape index (κ1) is 17.1. The molecule has 0 atom stereocenters. The van der Waals surface area contributed by atoms with E-state index in [1.807, 2.05) is 0 Å². The van der Waals surface area contributed by atoms with Crippen LogP contribution in [0.5, 0.6) is 0 Å². The van der Waals surface area contributed by atoms with Crippen molar-refractivity contribution in [1.29, 1.82) is 0 Å². The molecule has 0 heterocycles. The Morgan fingerprint density at radius 3 is 1.30 bits per heavy atom. The Kier molecular flexibility index (Phi) is 8.28. The third kappa shape index (κ3) is 5.85. The van der Waals surface area contributed by atoms with Gasteiger partial charge in [0.05, 0.1) is 0 Å². The summed E-state index contributed by atoms with van der Waals surface area (Å²) in [5, 5.41) is 0. The predicted molar refractivity (Wildman–Crippen MR) is 98.5 cm³/mol. The van der Waals surface area contributed by atoms with E-state index in [0.29, 0.717) is 0 Å². The summed E-state index contributed by atoms with van der Waals surface area (Å²) in [6.07, 6.45) is 19.8. The van der Waals surface area contributed by atoms with Crippen LogP contribution in [0.1, 0.15) is 90.4 Å². The maximum Gasteiger partial charge on any atom is -0.000209 e. The van der Waals surface area contributed by atoms with Crippen LogP contribution >= 0.6 is 22.6 Å². The van der Waals surface area contributed by atoms with E-state index >= 15 is 0 Å². The number of alkyl halides is 1. The van der Waals surface area contributed by atoms with Crippen LogP contribution in [0.15, 0.2) is 0 Å². The molecule has 0 saturated heterocycles. The minimum atomic E-state index is 1.08. The molecule has 0 nitrogen and oxygen atoms in total. The van der Waals surface area contributed by atoms with Gasteiger partial charge in [-0.25, -0.2) is 0 Å². The van der Waals surface area contributed by atoms with Crippen LogP contribution in [0, 0.1) is 23.7 Å². The summed E-state index contributed by atoms with van der Waals surface area (Å²) < 4.78 is 1.37. The lowest BCUT2D eigenvalue weighted by Gasteiger charge is -2.32. The SMILES string of the molecule is CCC[C@H]1CC[C@H](CC[C@H]2CC[C@H](CCI)CC2)CC1. The van der Waals surface area contributed by atoms with Gasteiger partial charge in [-0.3, -0.25) is 0 Å². The predicted octanol–water partition coefficient (Wildman–Crippen LogP) is 7.00. The Hall–Kier alpha value is 0.730. The first-order valence-corrected chi connectivity index (χ1v) is 10.9. The molecule has 0 radical (unpaired) electrons. The quantitative estimate of drug-likeness (QED) is 0.324. The summed E-state index contributed by atoms with van der Waals surface area (Å²) in [4.78, 5) is 0. The van der Waals surface area contributed by atoms with E-state index < -0.39 is 0 Å². The van der Waals surface area contributed by atoms with Gasteiger partial charge in [0.1, 0.15) is 0 Å². The smallest absolute Gasteiger partial charge is 0.000209 e. The van der Waals surface area contributed by atoms with E-state index in [4.69, 9.17) is 0 Å². The van der Waals surface area contributed by atoms with E-state index in [1.54, 1.807) is 51.4 Å². The highest BCUT2D eigenvalue weighted by Gasteiger charge is 2.24. The van der Waals surface area contributed by atoms with Crippen molar-refractivity contribution in [3.63, 3.8) is 0 Å². The summed E-state index contributed by atoms with van der Waals surface area (Å²) in [6, 6.07) is 0. The molecule has 0 unspecified atom stereocenters. The zero-order valence-corrected chi connectivity index (χ0v) is 15.7. The van der Waals surface area contributed by atoms with Crippen LogP contribution < -0.4 is 0 Å². The van der Waals surface area contributed by atoms with Gasteiger partial charge in [-0.1, -0.05) is 107 Å². The van der Waals surface area contributed by atoms with E-state index in [2.05, 4.69) is 29.5 Å². The number of halogens is 1. The molecule has 2 rings (SSSR count). The fourth-order valence-electron chi connectivity index (χ4n) is 4.65. The van der Waals surface area contributed by atoms with Crippen molar-refractivity contribution in [2.45, 2.75) is 90.4 Å². The molecule has 0 bridgehead atoms. The highest BCUT2D eigenvalue weighted by Crippen LogP contribution is 2.38. The first-order valence-electron chi connectivity index (χ1n) is 9.37. The second-order valence-corrected chi connectivity index (χ2v) is 8.70. The van der Waals surface area contributed by atoms with Gasteiger partial charge in [-0.05, 0) is 34.5 Å². The Balaban J connectivity index is 1.55. The van der Waals surface area contributed by atoms with Gasteiger partial charge in [-0.2, -0.15) is 0 Å². The molecule has 0 amide bonds. The molecule has 2 fully saturated rings. The molecule has 0 aromatic rings. The normalized spacial score (nSPS) is 35.1. The van der Waals surface area contributed by atoms with Crippen LogP contribution in [-0.2, 0) is 0 Å². The van der Waals surface area contributed by atoms with Crippen LogP contribution in [0.2, 0.25) is 0 Å². The van der Waals surface area contributed by atoms with Gasteiger partial charge < -0.3 is 0 Å². The van der Waals surface area contributed by atoms with Gasteiger partial charge in [0.2, 0.25) is 0 Å². The van der Waals surface area contributed by atoms with Crippen molar-refractivity contribution in [2.24, 2.45) is 23.7 Å². The minimum Gasteiger partial charge on any atom is -0.0864 e. The van der Waals surface area contributed by atoms with Crippen molar-refractivity contribution in [2.75, 3.05) is 4.43 Å². The summed E-state index contributed by atoms with van der Waals surface area (Å²) >= 11 is 2.55. The molecule has 118 valence electrons. The molecule has 1 heteroatoms. The lowest BCUT2D eigenvalue weighted by atomic mass is 9.74. The average Bonchev–Trinajstić information content (AvgIpc) is 2.49. The maximum absolute atomic E-state index is 2.55. The van der Waals surface area contributed by atoms with Gasteiger partial charge in [0.15, 0.2) is 0 Å². The topological polar surface area (TPSA) is 0 Å². The minimum absolute atomic E-state index is 1.08. The zero-order valence-electron chi connectivity index (χ0n) is 13.6. The van der Waals surface area contributed by atoms with Gasteiger partial charge in [-0.15, -0.1) is 0 Å². The molecule has 0 aromatic carbocycles. The molecule has 0 spiro atoms. The summed E-state index contributed by atoms with van der Waals surface area (Å²) in [7, 11) is 0. The van der Waals surface area contributed by atoms with Gasteiger partial charge >= 0.3 is 0 Å². The first-order chi connectivity index (χ1) is 9.81. The van der Waals surface area contributed by atoms with Crippen LogP contribution in [0.4, 0.5) is 0 Å². The second-order valence-electron chi connectivity index (χ2n) is 7.62. The van der Waals surface area contributed by atoms with E-state index in [0.717, 1.165) is 23.7 Å². The molecular weight excluding hydrogens is 355 g/mol. The van der Waals surface area contributed by atoms with Crippen LogP contribution in [0.3, 0.4) is 0 Å². The highest BCUT2D eigenvalue weighted by atomic mass is 127. The third-order valence-corrected chi connectivity index (χ3v) is 6.75. The lowest BCUT2D eigenvalue weighted by Crippen LogP contribution is -2.18. The summed E-state index contributed by atoms with van der Waals surface area (Å²) in [6.45, 7) is 2.35. The maximum atomic E-state index is 2.55. The number of rotatable bonds is 7. The Morgan fingerprint density at radius 2 is 0.950 bits per heavy atom. The molecule has 2 saturated carbocycles. The molecular formula is C19H35I. The standard InChI is InChI=1S/C19H35I/c1-2-3-16-4-6-17(7-5-16)8-9-18-10-12-19(13-11-18)14-15-20/h16-19H,2-15H2,1H3/t16-,17-,18-,19-. The fourth-order valence-corrected chi connectivity index (χ4v) is 5.53. The monoisotopic (exact) mass is 390 g/mol. The zero-order chi connectivity index (χ0) is 14.2. The lowest BCUT2D eigenvalue weighted by molar-refractivity contribution is 0.212. The highest BCUT2D eigenvalue weighted by molar-refractivity contribution is 14.1. The third-order valence-electron chi connectivity index (χ3n) is 6.13. The second kappa shape index (κ2) is 9.69. The largest absolute Gasteiger partial charge is 0.0864 e. The Bertz CT molecular complexity index is 208. The molecule has 0 aliphatic heterocycles. The van der Waals surface area contributed by atoms with Crippen molar-refractivity contribution < 1.29 is 0 Å². The Morgan fingerprint density at radius 1 is 0.600 bits per heavy atom. The van der Waals surface area contributed by atoms with Crippen molar-refractivity contribution in [1.82, 2.24) is 0 Å². The van der Waals surface area contributed by atoms with Gasteiger partial charge in [0.25, 0.3) is 0 Å². The number of hydrogen-bond acceptors (Lipinski definition) is 0. The van der Waals surface area contributed by atoms with E-state index in [1.165, 1.54) is 36.5 Å². The molecule has 0 N–H and O–H groups in total. The number of hydrogen-bond donors (Lipinski definition) is 0. The fraction of sp³-hybridized carbons (Fsp3) is 1.00. The van der Waals surface area contributed by atoms with Gasteiger partial charge in [0, 0.05) is 0 Å². The molecule has 20 heavy (non-hydrogen) atoms. The average molecular weight is 390 g/mol. The molecule has 2 aliphatic rings. The van der Waals surface area contributed by atoms with Crippen LogP contribution in [-0.4, -0.2) is 4.43 Å². The van der Waals surface area contributed by atoms with E-state index in [9.17, 15) is 0 Å². The summed E-state index contributed by atoms with van der Waals surface area (Å²) in [5.41, 5.74) is 0. The van der Waals surface area contributed by atoms with Crippen molar-refractivity contribution >= 4 is 22.6 Å². The Labute approximate surface area is 141 Å². The summed E-state index contributed by atoms with van der Waals surface area (Å²) in [5.74, 6) is 4.34. The van der Waals surface area contributed by atoms with E-state index in [-0.39, 0.29) is 0 Å². The molecule has 0 aromatic heterocycles. The van der Waals surface area contributed by atoms with Crippen molar-refractivity contribution in [3.05, 3.63) is 0 Å². The molecule has 2 aliphatic carbocycles. The van der Waals surface area contributed by atoms with Crippen molar-refractivity contribution in [3.8, 4) is 0 Å². The van der Waals surface area contributed by atoms with Crippen LogP contribution in [0.25, 0.3) is 0 Å².